The Labute approximate surface area is 115 Å². The Hall–Kier alpha value is -0.120. The van der Waals surface area contributed by atoms with E-state index in [4.69, 9.17) is 17.3 Å². The van der Waals surface area contributed by atoms with Crippen LogP contribution in [0.1, 0.15) is 37.7 Å². The molecule has 17 heavy (non-hydrogen) atoms. The maximum Gasteiger partial charge on any atom is 0.156 e. The molecule has 4 heteroatoms. The number of hydrogen-bond acceptors (Lipinski definition) is 1. The average Bonchev–Trinajstić information content (AvgIpc) is 2.37. The lowest BCUT2D eigenvalue weighted by atomic mass is 9.69. The van der Waals surface area contributed by atoms with E-state index in [-0.39, 0.29) is 16.3 Å². The normalized spacial score (nSPS) is 19.3. The average molecular weight is 321 g/mol. The molecule has 1 nitrogen and oxygen atoms in total. The lowest BCUT2D eigenvalue weighted by molar-refractivity contribution is 0.300. The Morgan fingerprint density at radius 1 is 1.29 bits per heavy atom. The van der Waals surface area contributed by atoms with Crippen LogP contribution in [0, 0.1) is 5.82 Å². The molecule has 0 aliphatic heterocycles. The van der Waals surface area contributed by atoms with E-state index >= 15 is 0 Å². The maximum absolute atomic E-state index is 13.8. The number of nitrogens with two attached hydrogens (primary N) is 1. The monoisotopic (exact) mass is 319 g/mol. The molecule has 1 saturated carbocycles. The minimum absolute atomic E-state index is 0.128. The van der Waals surface area contributed by atoms with Crippen molar-refractivity contribution >= 4 is 27.5 Å². The van der Waals surface area contributed by atoms with Crippen LogP contribution in [-0.4, -0.2) is 6.54 Å². The summed E-state index contributed by atoms with van der Waals surface area (Å²) in [5.74, 6) is -0.373. The molecule has 0 radical (unpaired) electrons. The van der Waals surface area contributed by atoms with Gasteiger partial charge in [-0.05, 0) is 40.4 Å². The second-order valence-corrected chi connectivity index (χ2v) is 6.00. The molecule has 0 amide bonds. The van der Waals surface area contributed by atoms with E-state index in [0.29, 0.717) is 11.0 Å². The van der Waals surface area contributed by atoms with E-state index in [0.717, 1.165) is 31.2 Å². The highest BCUT2D eigenvalue weighted by Gasteiger charge is 2.35. The van der Waals surface area contributed by atoms with Gasteiger partial charge in [-0.1, -0.05) is 36.9 Å². The van der Waals surface area contributed by atoms with Gasteiger partial charge in [0, 0.05) is 12.0 Å². The predicted octanol–water partition coefficient (Wildman–Crippen LogP) is 4.40. The Kier molecular flexibility index (Phi) is 4.11. The summed E-state index contributed by atoms with van der Waals surface area (Å²) >= 11 is 9.29. The molecular weight excluding hydrogens is 305 g/mol. The molecule has 94 valence electrons. The summed E-state index contributed by atoms with van der Waals surface area (Å²) in [6, 6.07) is 3.64. The number of hydrogen-bond donors (Lipinski definition) is 1. The van der Waals surface area contributed by atoms with E-state index < -0.39 is 0 Å². The van der Waals surface area contributed by atoms with Gasteiger partial charge in [0.05, 0.1) is 9.50 Å². The van der Waals surface area contributed by atoms with Crippen LogP contribution in [0.25, 0.3) is 0 Å². The zero-order valence-corrected chi connectivity index (χ0v) is 12.0. The summed E-state index contributed by atoms with van der Waals surface area (Å²) in [7, 11) is 0. The van der Waals surface area contributed by atoms with Crippen molar-refractivity contribution < 1.29 is 4.39 Å². The first-order valence-electron chi connectivity index (χ1n) is 5.95. The minimum atomic E-state index is -0.373. The zero-order valence-electron chi connectivity index (χ0n) is 9.61. The topological polar surface area (TPSA) is 26.0 Å². The van der Waals surface area contributed by atoms with Crippen molar-refractivity contribution in [1.29, 1.82) is 0 Å². The minimum Gasteiger partial charge on any atom is -0.330 e. The zero-order chi connectivity index (χ0) is 12.5. The fourth-order valence-electron chi connectivity index (χ4n) is 2.75. The van der Waals surface area contributed by atoms with Crippen molar-refractivity contribution in [1.82, 2.24) is 0 Å². The summed E-state index contributed by atoms with van der Waals surface area (Å²) in [5, 5.41) is 0.228. The van der Waals surface area contributed by atoms with E-state index in [1.165, 1.54) is 6.42 Å². The lowest BCUT2D eigenvalue weighted by Crippen LogP contribution is -2.37. The third-order valence-corrected chi connectivity index (χ3v) is 4.79. The molecule has 0 spiro atoms. The van der Waals surface area contributed by atoms with Gasteiger partial charge in [0.2, 0.25) is 0 Å². The van der Waals surface area contributed by atoms with Gasteiger partial charge >= 0.3 is 0 Å². The van der Waals surface area contributed by atoms with E-state index in [1.807, 2.05) is 6.07 Å². The van der Waals surface area contributed by atoms with Gasteiger partial charge in [-0.15, -0.1) is 0 Å². The highest BCUT2D eigenvalue weighted by molar-refractivity contribution is 9.10. The first-order chi connectivity index (χ1) is 8.10. The first kappa shape index (κ1) is 13.3. The second-order valence-electron chi connectivity index (χ2n) is 4.77. The van der Waals surface area contributed by atoms with Crippen LogP contribution in [-0.2, 0) is 5.41 Å². The van der Waals surface area contributed by atoms with Gasteiger partial charge in [0.15, 0.2) is 5.82 Å². The highest BCUT2D eigenvalue weighted by Crippen LogP contribution is 2.43. The number of halogens is 3. The van der Waals surface area contributed by atoms with Crippen molar-refractivity contribution in [2.75, 3.05) is 6.54 Å². The molecule has 1 aromatic carbocycles. The van der Waals surface area contributed by atoms with E-state index in [2.05, 4.69) is 15.9 Å². The van der Waals surface area contributed by atoms with Gasteiger partial charge in [-0.25, -0.2) is 4.39 Å². The predicted molar refractivity (Wildman–Crippen MR) is 72.9 cm³/mol. The fourth-order valence-corrected chi connectivity index (χ4v) is 3.56. The largest absolute Gasteiger partial charge is 0.330 e. The molecule has 0 heterocycles. The quantitative estimate of drug-likeness (QED) is 0.803. The van der Waals surface area contributed by atoms with Gasteiger partial charge in [0.25, 0.3) is 0 Å². The van der Waals surface area contributed by atoms with Gasteiger partial charge < -0.3 is 5.73 Å². The second kappa shape index (κ2) is 5.25. The maximum atomic E-state index is 13.8. The highest BCUT2D eigenvalue weighted by atomic mass is 79.9. The van der Waals surface area contributed by atoms with E-state index in [1.54, 1.807) is 6.07 Å². The molecule has 2 N–H and O–H groups in total. The van der Waals surface area contributed by atoms with Crippen molar-refractivity contribution in [2.24, 2.45) is 5.73 Å². The Morgan fingerprint density at radius 3 is 2.53 bits per heavy atom. The van der Waals surface area contributed by atoms with Crippen LogP contribution in [0.15, 0.2) is 16.6 Å². The third-order valence-electron chi connectivity index (χ3n) is 3.81. The fraction of sp³-hybridized carbons (Fsp3) is 0.538. The van der Waals surface area contributed by atoms with Crippen LogP contribution in [0.2, 0.25) is 5.02 Å². The van der Waals surface area contributed by atoms with Gasteiger partial charge in [-0.2, -0.15) is 0 Å². The van der Waals surface area contributed by atoms with Crippen molar-refractivity contribution in [2.45, 2.75) is 37.5 Å². The summed E-state index contributed by atoms with van der Waals surface area (Å²) in [4.78, 5) is 0. The lowest BCUT2D eigenvalue weighted by Gasteiger charge is -2.37. The van der Waals surface area contributed by atoms with Crippen molar-refractivity contribution in [3.05, 3.63) is 33.0 Å². The van der Waals surface area contributed by atoms with Crippen molar-refractivity contribution in [3.63, 3.8) is 0 Å². The molecule has 1 fully saturated rings. The van der Waals surface area contributed by atoms with Crippen LogP contribution in [0.5, 0.6) is 0 Å². The smallest absolute Gasteiger partial charge is 0.156 e. The molecule has 0 saturated heterocycles. The molecule has 1 aliphatic carbocycles. The molecule has 0 bridgehead atoms. The summed E-state index contributed by atoms with van der Waals surface area (Å²) in [5.41, 5.74) is 6.68. The SMILES string of the molecule is NCC1(c2ccc(Br)c(F)c2Cl)CCCCC1. The van der Waals surface area contributed by atoms with E-state index in [9.17, 15) is 4.39 Å². The third kappa shape index (κ3) is 2.38. The molecule has 0 atom stereocenters. The Morgan fingerprint density at radius 2 is 1.94 bits per heavy atom. The standard InChI is InChI=1S/C13H16BrClFN/c14-10-5-4-9(11(15)12(10)16)13(8-17)6-2-1-3-7-13/h4-5H,1-3,6-8,17H2. The molecule has 0 aromatic heterocycles. The molecule has 1 aromatic rings. The first-order valence-corrected chi connectivity index (χ1v) is 7.12. The molecule has 1 aliphatic rings. The van der Waals surface area contributed by atoms with Crippen molar-refractivity contribution in [3.8, 4) is 0 Å². The number of benzene rings is 1. The molecule has 2 rings (SSSR count). The Balaban J connectivity index is 2.47. The number of rotatable bonds is 2. The van der Waals surface area contributed by atoms with Crippen LogP contribution >= 0.6 is 27.5 Å². The van der Waals surface area contributed by atoms with Crippen LogP contribution < -0.4 is 5.73 Å². The molecular formula is C13H16BrClFN. The van der Waals surface area contributed by atoms with Gasteiger partial charge in [0.1, 0.15) is 0 Å². The summed E-state index contributed by atoms with van der Waals surface area (Å²) in [6.07, 6.45) is 5.53. The van der Waals surface area contributed by atoms with Crippen LogP contribution in [0.3, 0.4) is 0 Å². The molecule has 0 unspecified atom stereocenters. The van der Waals surface area contributed by atoms with Crippen LogP contribution in [0.4, 0.5) is 4.39 Å². The summed E-state index contributed by atoms with van der Waals surface area (Å²) < 4.78 is 14.2. The summed E-state index contributed by atoms with van der Waals surface area (Å²) in [6.45, 7) is 0.536. The Bertz CT molecular complexity index is 416. The van der Waals surface area contributed by atoms with Gasteiger partial charge in [-0.3, -0.25) is 0 Å².